The Balaban J connectivity index is 2.43. The van der Waals surface area contributed by atoms with Crippen molar-refractivity contribution in [3.8, 4) is 28.9 Å². The van der Waals surface area contributed by atoms with Gasteiger partial charge in [-0.3, -0.25) is 0 Å². The molecule has 2 aromatic rings. The molecule has 2 heterocycles. The van der Waals surface area contributed by atoms with Gasteiger partial charge in [0.05, 0.1) is 32.6 Å². The lowest BCUT2D eigenvalue weighted by molar-refractivity contribution is 0.365. The quantitative estimate of drug-likeness (QED) is 0.647. The van der Waals surface area contributed by atoms with Gasteiger partial charge >= 0.3 is 0 Å². The van der Waals surface area contributed by atoms with Gasteiger partial charge in [0, 0.05) is 12.6 Å². The number of hydrogen-bond donors (Lipinski definition) is 1. The van der Waals surface area contributed by atoms with Crippen LogP contribution in [0.4, 0.5) is 5.82 Å². The van der Waals surface area contributed by atoms with Crippen LogP contribution < -0.4 is 19.5 Å². The number of rotatable bonds is 10. The molecule has 0 aliphatic carbocycles. The summed E-state index contributed by atoms with van der Waals surface area (Å²) in [6, 6.07) is 3.66. The highest BCUT2D eigenvalue weighted by Gasteiger charge is 2.19. The minimum absolute atomic E-state index is 0.444. The number of ether oxygens (including phenoxy) is 3. The van der Waals surface area contributed by atoms with E-state index in [4.69, 9.17) is 19.2 Å². The maximum atomic E-state index is 5.46. The lowest BCUT2D eigenvalue weighted by Gasteiger charge is -2.15. The fraction of sp³-hybridized carbons (Fsp3) is 0.526. The molecule has 1 N–H and O–H groups in total. The smallest absolute Gasteiger partial charge is 0.257 e. The molecule has 142 valence electrons. The van der Waals surface area contributed by atoms with Gasteiger partial charge in [-0.1, -0.05) is 26.7 Å². The van der Waals surface area contributed by atoms with Gasteiger partial charge in [0.15, 0.2) is 5.82 Å². The average Bonchev–Trinajstić information content (AvgIpc) is 2.70. The summed E-state index contributed by atoms with van der Waals surface area (Å²) < 4.78 is 16.1. The van der Waals surface area contributed by atoms with Crippen LogP contribution in [0.2, 0.25) is 0 Å². The maximum Gasteiger partial charge on any atom is 0.257 e. The number of methoxy groups -OCH3 is 3. The second kappa shape index (κ2) is 9.79. The first kappa shape index (κ1) is 19.8. The van der Waals surface area contributed by atoms with Crippen molar-refractivity contribution in [2.75, 3.05) is 33.2 Å². The van der Waals surface area contributed by atoms with Crippen molar-refractivity contribution < 1.29 is 14.2 Å². The lowest BCUT2D eigenvalue weighted by atomic mass is 10.1. The van der Waals surface area contributed by atoms with E-state index in [1.165, 1.54) is 12.8 Å². The van der Waals surface area contributed by atoms with Crippen molar-refractivity contribution >= 4 is 5.82 Å². The number of hydrogen-bond acceptors (Lipinski definition) is 7. The van der Waals surface area contributed by atoms with Crippen LogP contribution in [-0.2, 0) is 6.42 Å². The van der Waals surface area contributed by atoms with Crippen molar-refractivity contribution in [1.82, 2.24) is 15.0 Å². The van der Waals surface area contributed by atoms with Crippen LogP contribution in [-0.4, -0.2) is 42.8 Å². The topological polar surface area (TPSA) is 78.4 Å². The number of unbranched alkanes of at least 4 members (excludes halogenated alkanes) is 2. The first-order valence-electron chi connectivity index (χ1n) is 8.96. The molecule has 0 fully saturated rings. The molecule has 0 aliphatic heterocycles. The third-order valence-electron chi connectivity index (χ3n) is 4.03. The van der Waals surface area contributed by atoms with E-state index in [0.29, 0.717) is 29.2 Å². The Morgan fingerprint density at radius 2 is 1.65 bits per heavy atom. The second-order valence-electron chi connectivity index (χ2n) is 5.77. The molecule has 0 aliphatic rings. The zero-order valence-electron chi connectivity index (χ0n) is 16.3. The molecule has 0 saturated heterocycles. The molecule has 0 amide bonds. The van der Waals surface area contributed by atoms with E-state index in [1.807, 2.05) is 13.0 Å². The summed E-state index contributed by atoms with van der Waals surface area (Å²) in [6.45, 7) is 5.07. The van der Waals surface area contributed by atoms with E-state index in [0.717, 1.165) is 30.6 Å². The van der Waals surface area contributed by atoms with Crippen LogP contribution in [0.1, 0.15) is 38.8 Å². The largest absolute Gasteiger partial charge is 0.481 e. The van der Waals surface area contributed by atoms with Crippen LogP contribution >= 0.6 is 0 Å². The standard InChI is InChI=1S/C19H28N4O3/c1-6-8-9-12-20-17-19(26-5)23-16(14(7-2)21-17)13-10-11-15(24-3)22-18(13)25-4/h10-11H,6-9,12H2,1-5H3,(H,20,21). The molecule has 0 atom stereocenters. The molecule has 7 nitrogen and oxygen atoms in total. The summed E-state index contributed by atoms with van der Waals surface area (Å²) in [5, 5.41) is 3.33. The van der Waals surface area contributed by atoms with Crippen molar-refractivity contribution in [3.63, 3.8) is 0 Å². The van der Waals surface area contributed by atoms with Crippen molar-refractivity contribution in [1.29, 1.82) is 0 Å². The molecule has 0 radical (unpaired) electrons. The molecule has 0 saturated carbocycles. The number of anilines is 1. The molecule has 26 heavy (non-hydrogen) atoms. The molecule has 0 unspecified atom stereocenters. The number of nitrogens with one attached hydrogen (secondary N) is 1. The zero-order valence-corrected chi connectivity index (χ0v) is 16.3. The Morgan fingerprint density at radius 3 is 2.27 bits per heavy atom. The molecule has 2 rings (SSSR count). The van der Waals surface area contributed by atoms with Crippen LogP contribution in [0.25, 0.3) is 11.3 Å². The van der Waals surface area contributed by atoms with E-state index >= 15 is 0 Å². The summed E-state index contributed by atoms with van der Waals surface area (Å²) >= 11 is 0. The molecule has 0 aromatic carbocycles. The summed E-state index contributed by atoms with van der Waals surface area (Å²) in [5.74, 6) is 2.06. The van der Waals surface area contributed by atoms with Gasteiger partial charge in [0.25, 0.3) is 5.88 Å². The minimum Gasteiger partial charge on any atom is -0.481 e. The third-order valence-corrected chi connectivity index (χ3v) is 4.03. The normalized spacial score (nSPS) is 10.5. The Hall–Kier alpha value is -2.57. The van der Waals surface area contributed by atoms with Gasteiger partial charge in [-0.2, -0.15) is 4.98 Å². The maximum absolute atomic E-state index is 5.46. The highest BCUT2D eigenvalue weighted by Crippen LogP contribution is 2.34. The minimum atomic E-state index is 0.444. The highest BCUT2D eigenvalue weighted by molar-refractivity contribution is 5.69. The van der Waals surface area contributed by atoms with E-state index in [-0.39, 0.29) is 0 Å². The average molecular weight is 360 g/mol. The predicted octanol–water partition coefficient (Wildman–Crippen LogP) is 3.73. The Morgan fingerprint density at radius 1 is 0.885 bits per heavy atom. The van der Waals surface area contributed by atoms with Gasteiger partial charge in [-0.05, 0) is 18.9 Å². The van der Waals surface area contributed by atoms with E-state index < -0.39 is 0 Å². The van der Waals surface area contributed by atoms with E-state index in [2.05, 4.69) is 22.2 Å². The SMILES string of the molecule is CCCCCNc1nc(CC)c(-c2ccc(OC)nc2OC)nc1OC. The molecule has 2 aromatic heterocycles. The molecule has 0 spiro atoms. The molecule has 0 bridgehead atoms. The predicted molar refractivity (Wildman–Crippen MR) is 102 cm³/mol. The summed E-state index contributed by atoms with van der Waals surface area (Å²) in [5.41, 5.74) is 2.32. The fourth-order valence-electron chi connectivity index (χ4n) is 2.63. The lowest BCUT2D eigenvalue weighted by Crippen LogP contribution is -2.10. The Labute approximate surface area is 155 Å². The van der Waals surface area contributed by atoms with Crippen molar-refractivity contribution in [2.24, 2.45) is 0 Å². The number of aromatic nitrogens is 3. The summed E-state index contributed by atoms with van der Waals surface area (Å²) in [6.07, 6.45) is 4.16. The fourth-order valence-corrected chi connectivity index (χ4v) is 2.63. The first-order chi connectivity index (χ1) is 12.7. The monoisotopic (exact) mass is 360 g/mol. The van der Waals surface area contributed by atoms with Crippen LogP contribution in [0.5, 0.6) is 17.6 Å². The van der Waals surface area contributed by atoms with Gasteiger partial charge in [0.2, 0.25) is 11.8 Å². The zero-order chi connectivity index (χ0) is 18.9. The van der Waals surface area contributed by atoms with Gasteiger partial charge in [-0.15, -0.1) is 0 Å². The molecular formula is C19H28N4O3. The number of pyridine rings is 1. The molecular weight excluding hydrogens is 332 g/mol. The second-order valence-corrected chi connectivity index (χ2v) is 5.77. The highest BCUT2D eigenvalue weighted by atomic mass is 16.5. The summed E-state index contributed by atoms with van der Waals surface area (Å²) in [7, 11) is 4.74. The Bertz CT molecular complexity index is 722. The van der Waals surface area contributed by atoms with E-state index in [1.54, 1.807) is 27.4 Å². The van der Waals surface area contributed by atoms with Crippen LogP contribution in [0.15, 0.2) is 12.1 Å². The first-order valence-corrected chi connectivity index (χ1v) is 8.96. The number of aryl methyl sites for hydroxylation is 1. The van der Waals surface area contributed by atoms with E-state index in [9.17, 15) is 0 Å². The van der Waals surface area contributed by atoms with Gasteiger partial charge < -0.3 is 19.5 Å². The Kier molecular flexibility index (Phi) is 7.44. The van der Waals surface area contributed by atoms with Crippen molar-refractivity contribution in [2.45, 2.75) is 39.5 Å². The number of nitrogens with zero attached hydrogens (tertiary/aromatic N) is 3. The van der Waals surface area contributed by atoms with Gasteiger partial charge in [0.1, 0.15) is 5.69 Å². The third kappa shape index (κ3) is 4.53. The summed E-state index contributed by atoms with van der Waals surface area (Å²) in [4.78, 5) is 13.8. The van der Waals surface area contributed by atoms with Crippen LogP contribution in [0, 0.1) is 0 Å². The molecule has 7 heteroatoms. The van der Waals surface area contributed by atoms with Gasteiger partial charge in [-0.25, -0.2) is 9.97 Å². The van der Waals surface area contributed by atoms with Crippen molar-refractivity contribution in [3.05, 3.63) is 17.8 Å². The van der Waals surface area contributed by atoms with Crippen LogP contribution in [0.3, 0.4) is 0 Å².